The van der Waals surface area contributed by atoms with Crippen LogP contribution in [0.2, 0.25) is 0 Å². The molecule has 1 aliphatic rings. The Morgan fingerprint density at radius 1 is 1.50 bits per heavy atom. The van der Waals surface area contributed by atoms with Crippen molar-refractivity contribution >= 4 is 5.97 Å². The Hall–Kier alpha value is -0.570. The first-order valence-corrected chi connectivity index (χ1v) is 5.43. The van der Waals surface area contributed by atoms with Crippen molar-refractivity contribution in [3.63, 3.8) is 0 Å². The van der Waals surface area contributed by atoms with Crippen molar-refractivity contribution in [2.45, 2.75) is 51.0 Å². The van der Waals surface area contributed by atoms with Gasteiger partial charge in [0, 0.05) is 0 Å². The van der Waals surface area contributed by atoms with Gasteiger partial charge >= 0.3 is 5.97 Å². The second kappa shape index (κ2) is 4.78. The van der Waals surface area contributed by atoms with E-state index in [2.05, 4.69) is 11.7 Å². The average molecular weight is 200 g/mol. The summed E-state index contributed by atoms with van der Waals surface area (Å²) in [5.74, 6) is 0.197. The second-order valence-corrected chi connectivity index (χ2v) is 4.23. The number of ether oxygens (including phenoxy) is 1. The summed E-state index contributed by atoms with van der Waals surface area (Å²) in [5.41, 5.74) is -1.21. The van der Waals surface area contributed by atoms with E-state index in [-0.39, 0.29) is 0 Å². The van der Waals surface area contributed by atoms with Gasteiger partial charge in [0.15, 0.2) is 5.60 Å². The Kier molecular flexibility index (Phi) is 3.93. The molecule has 3 heteroatoms. The summed E-state index contributed by atoms with van der Waals surface area (Å²) in [6.07, 6.45) is 5.22. The summed E-state index contributed by atoms with van der Waals surface area (Å²) < 4.78 is 4.63. The normalized spacial score (nSPS) is 33.5. The minimum absolute atomic E-state index is 0.464. The molecule has 1 fully saturated rings. The SMILES string of the molecule is CCC1CCCC(O)(C(=O)OC)CC1. The molecular formula is C11H20O3. The molecule has 0 bridgehead atoms. The van der Waals surface area contributed by atoms with E-state index in [0.717, 1.165) is 25.7 Å². The van der Waals surface area contributed by atoms with E-state index in [1.807, 2.05) is 0 Å². The lowest BCUT2D eigenvalue weighted by Gasteiger charge is -2.23. The molecule has 1 saturated carbocycles. The molecule has 0 aliphatic heterocycles. The summed E-state index contributed by atoms with van der Waals surface area (Å²) in [7, 11) is 1.34. The zero-order valence-corrected chi connectivity index (χ0v) is 9.08. The van der Waals surface area contributed by atoms with Gasteiger partial charge in [0.05, 0.1) is 7.11 Å². The van der Waals surface area contributed by atoms with Crippen molar-refractivity contribution < 1.29 is 14.6 Å². The molecule has 0 amide bonds. The summed E-state index contributed by atoms with van der Waals surface area (Å²) in [4.78, 5) is 11.4. The van der Waals surface area contributed by atoms with E-state index in [4.69, 9.17) is 0 Å². The Morgan fingerprint density at radius 2 is 2.21 bits per heavy atom. The maximum atomic E-state index is 11.4. The van der Waals surface area contributed by atoms with Crippen LogP contribution in [-0.4, -0.2) is 23.8 Å². The van der Waals surface area contributed by atoms with Crippen molar-refractivity contribution in [3.8, 4) is 0 Å². The Morgan fingerprint density at radius 3 is 2.79 bits per heavy atom. The van der Waals surface area contributed by atoms with Crippen LogP contribution in [0, 0.1) is 5.92 Å². The molecule has 0 aromatic carbocycles. The Balaban J connectivity index is 2.59. The quantitative estimate of drug-likeness (QED) is 0.547. The summed E-state index contributed by atoms with van der Waals surface area (Å²) in [5, 5.41) is 10.1. The van der Waals surface area contributed by atoms with Crippen molar-refractivity contribution in [2.24, 2.45) is 5.92 Å². The fourth-order valence-electron chi connectivity index (χ4n) is 2.20. The highest BCUT2D eigenvalue weighted by molar-refractivity contribution is 5.79. The van der Waals surface area contributed by atoms with Gasteiger partial charge in [0.25, 0.3) is 0 Å². The first-order chi connectivity index (χ1) is 6.62. The first-order valence-electron chi connectivity index (χ1n) is 5.43. The fraction of sp³-hybridized carbons (Fsp3) is 0.909. The molecule has 0 radical (unpaired) electrons. The van der Waals surface area contributed by atoms with Gasteiger partial charge in [-0.2, -0.15) is 0 Å². The van der Waals surface area contributed by atoms with Crippen molar-refractivity contribution in [2.75, 3.05) is 7.11 Å². The van der Waals surface area contributed by atoms with Gasteiger partial charge in [0.1, 0.15) is 0 Å². The third-order valence-electron chi connectivity index (χ3n) is 3.31. The molecule has 0 saturated heterocycles. The van der Waals surface area contributed by atoms with Gasteiger partial charge in [-0.25, -0.2) is 4.79 Å². The van der Waals surface area contributed by atoms with Crippen LogP contribution in [0.1, 0.15) is 45.4 Å². The summed E-state index contributed by atoms with van der Waals surface area (Å²) >= 11 is 0. The van der Waals surface area contributed by atoms with Gasteiger partial charge < -0.3 is 9.84 Å². The third kappa shape index (κ3) is 2.47. The number of carbonyl (C=O) groups excluding carboxylic acids is 1. The van der Waals surface area contributed by atoms with E-state index >= 15 is 0 Å². The molecule has 1 N–H and O–H groups in total. The van der Waals surface area contributed by atoms with Crippen LogP contribution in [0.3, 0.4) is 0 Å². The number of hydrogen-bond donors (Lipinski definition) is 1. The Bertz CT molecular complexity index is 203. The molecule has 82 valence electrons. The highest BCUT2D eigenvalue weighted by Gasteiger charge is 2.38. The molecule has 2 unspecified atom stereocenters. The lowest BCUT2D eigenvalue weighted by atomic mass is 9.93. The fourth-order valence-corrected chi connectivity index (χ4v) is 2.20. The molecule has 0 spiro atoms. The zero-order valence-electron chi connectivity index (χ0n) is 9.08. The molecule has 14 heavy (non-hydrogen) atoms. The van der Waals surface area contributed by atoms with E-state index in [9.17, 15) is 9.90 Å². The smallest absolute Gasteiger partial charge is 0.337 e. The van der Waals surface area contributed by atoms with Gasteiger partial charge in [-0.1, -0.05) is 19.8 Å². The topological polar surface area (TPSA) is 46.5 Å². The van der Waals surface area contributed by atoms with Crippen LogP contribution in [0.15, 0.2) is 0 Å². The van der Waals surface area contributed by atoms with Gasteiger partial charge in [-0.05, 0) is 31.6 Å². The molecule has 0 aromatic rings. The Labute approximate surface area is 85.5 Å². The highest BCUT2D eigenvalue weighted by Crippen LogP contribution is 2.32. The molecule has 3 nitrogen and oxygen atoms in total. The zero-order chi connectivity index (χ0) is 10.6. The van der Waals surface area contributed by atoms with Crippen LogP contribution in [0.4, 0.5) is 0 Å². The first kappa shape index (κ1) is 11.5. The minimum Gasteiger partial charge on any atom is -0.467 e. The standard InChI is InChI=1S/C11H20O3/c1-3-9-5-4-7-11(13,8-6-9)10(12)14-2/h9,13H,3-8H2,1-2H3. The van der Waals surface area contributed by atoms with Gasteiger partial charge in [-0.3, -0.25) is 0 Å². The number of esters is 1. The largest absolute Gasteiger partial charge is 0.467 e. The van der Waals surface area contributed by atoms with E-state index in [1.165, 1.54) is 7.11 Å². The van der Waals surface area contributed by atoms with Crippen LogP contribution in [-0.2, 0) is 9.53 Å². The number of rotatable bonds is 2. The third-order valence-corrected chi connectivity index (χ3v) is 3.31. The monoisotopic (exact) mass is 200 g/mol. The van der Waals surface area contributed by atoms with Crippen LogP contribution < -0.4 is 0 Å². The van der Waals surface area contributed by atoms with E-state index < -0.39 is 11.6 Å². The van der Waals surface area contributed by atoms with E-state index in [1.54, 1.807) is 0 Å². The summed E-state index contributed by atoms with van der Waals surface area (Å²) in [6.45, 7) is 2.16. The maximum Gasteiger partial charge on any atom is 0.337 e. The second-order valence-electron chi connectivity index (χ2n) is 4.23. The number of methoxy groups -OCH3 is 1. The predicted octanol–water partition coefficient (Wildman–Crippen LogP) is 1.88. The maximum absolute atomic E-state index is 11.4. The molecular weight excluding hydrogens is 180 g/mol. The van der Waals surface area contributed by atoms with Crippen molar-refractivity contribution in [1.82, 2.24) is 0 Å². The van der Waals surface area contributed by atoms with E-state index in [0.29, 0.717) is 18.8 Å². The highest BCUT2D eigenvalue weighted by atomic mass is 16.5. The van der Waals surface area contributed by atoms with Crippen LogP contribution in [0.25, 0.3) is 0 Å². The van der Waals surface area contributed by atoms with Gasteiger partial charge in [0.2, 0.25) is 0 Å². The molecule has 2 atom stereocenters. The molecule has 0 heterocycles. The minimum atomic E-state index is -1.21. The van der Waals surface area contributed by atoms with Crippen LogP contribution in [0.5, 0.6) is 0 Å². The summed E-state index contributed by atoms with van der Waals surface area (Å²) in [6, 6.07) is 0. The van der Waals surface area contributed by atoms with Crippen molar-refractivity contribution in [1.29, 1.82) is 0 Å². The molecule has 1 rings (SSSR count). The van der Waals surface area contributed by atoms with Crippen molar-refractivity contribution in [3.05, 3.63) is 0 Å². The molecule has 1 aliphatic carbocycles. The lowest BCUT2D eigenvalue weighted by molar-refractivity contribution is -0.163. The van der Waals surface area contributed by atoms with Gasteiger partial charge in [-0.15, -0.1) is 0 Å². The lowest BCUT2D eigenvalue weighted by Crippen LogP contribution is -2.39. The molecule has 0 aromatic heterocycles. The predicted molar refractivity (Wildman–Crippen MR) is 53.8 cm³/mol. The number of hydrogen-bond acceptors (Lipinski definition) is 3. The number of carbonyl (C=O) groups is 1. The average Bonchev–Trinajstić information content (AvgIpc) is 2.40. The number of aliphatic hydroxyl groups is 1. The van der Waals surface area contributed by atoms with Crippen LogP contribution >= 0.6 is 0 Å².